The summed E-state index contributed by atoms with van der Waals surface area (Å²) in [7, 11) is 1.58. The highest BCUT2D eigenvalue weighted by Gasteiger charge is 2.14. The highest BCUT2D eigenvalue weighted by Crippen LogP contribution is 2.10. The molecular formula is C24H23N5O3. The van der Waals surface area contributed by atoms with Gasteiger partial charge in [-0.15, -0.1) is 0 Å². The van der Waals surface area contributed by atoms with Gasteiger partial charge >= 0.3 is 0 Å². The monoisotopic (exact) mass is 429 g/mol. The summed E-state index contributed by atoms with van der Waals surface area (Å²) in [5.74, 6) is 0.203. The fraction of sp³-hybridized carbons (Fsp3) is 0.167. The Hall–Kier alpha value is -4.04. The average Bonchev–Trinajstić information content (AvgIpc) is 3.30. The molecule has 0 spiro atoms. The topological polar surface area (TPSA) is 93.1 Å². The van der Waals surface area contributed by atoms with E-state index in [0.717, 1.165) is 11.3 Å². The number of fused-ring (bicyclic) bond motifs is 1. The lowest BCUT2D eigenvalue weighted by Gasteiger charge is -2.20. The molecule has 0 fully saturated rings. The number of ether oxygens (including phenoxy) is 1. The Morgan fingerprint density at radius 2 is 1.94 bits per heavy atom. The third-order valence-electron chi connectivity index (χ3n) is 4.92. The molecule has 0 saturated carbocycles. The quantitative estimate of drug-likeness (QED) is 0.435. The molecule has 8 nitrogen and oxygen atoms in total. The minimum absolute atomic E-state index is 0.163. The average molecular weight is 429 g/mol. The molecule has 0 bridgehead atoms. The van der Waals surface area contributed by atoms with Crippen LogP contribution < -0.4 is 5.56 Å². The molecule has 0 unspecified atom stereocenters. The second kappa shape index (κ2) is 9.84. The molecule has 0 aliphatic carbocycles. The maximum atomic E-state index is 12.9. The van der Waals surface area contributed by atoms with Crippen molar-refractivity contribution < 1.29 is 9.53 Å². The highest BCUT2D eigenvalue weighted by atomic mass is 16.5. The van der Waals surface area contributed by atoms with Gasteiger partial charge in [0.25, 0.3) is 5.56 Å². The number of carbonyl (C=O) groups is 1. The van der Waals surface area contributed by atoms with E-state index in [1.54, 1.807) is 47.2 Å². The number of aromatic amines is 1. The van der Waals surface area contributed by atoms with E-state index in [4.69, 9.17) is 4.74 Å². The Labute approximate surface area is 184 Å². The van der Waals surface area contributed by atoms with Gasteiger partial charge in [-0.1, -0.05) is 30.3 Å². The van der Waals surface area contributed by atoms with Gasteiger partial charge in [0, 0.05) is 31.5 Å². The fourth-order valence-electron chi connectivity index (χ4n) is 3.28. The normalized spacial score (nSPS) is 11.3. The van der Waals surface area contributed by atoms with Crippen LogP contribution in [0.25, 0.3) is 22.7 Å². The van der Waals surface area contributed by atoms with E-state index in [0.29, 0.717) is 29.9 Å². The molecule has 8 heteroatoms. The second-order valence-electron chi connectivity index (χ2n) is 7.17. The van der Waals surface area contributed by atoms with E-state index < -0.39 is 0 Å². The van der Waals surface area contributed by atoms with Crippen molar-refractivity contribution in [1.82, 2.24) is 24.6 Å². The van der Waals surface area contributed by atoms with Crippen molar-refractivity contribution in [3.05, 3.63) is 94.8 Å². The molecule has 0 radical (unpaired) electrons. The third-order valence-corrected chi connectivity index (χ3v) is 4.92. The number of H-pyrrole nitrogens is 1. The minimum atomic E-state index is -0.228. The molecule has 2 heterocycles. The fourth-order valence-corrected chi connectivity index (χ4v) is 3.28. The SMILES string of the molecule is COCCN(Cc1nc2ccccc2c(=O)[nH]1)C(=O)/C=C/c1cnn(-c2ccccc2)c1. The molecule has 4 aromatic rings. The summed E-state index contributed by atoms with van der Waals surface area (Å²) in [5.41, 5.74) is 2.10. The number of benzene rings is 2. The Kier molecular flexibility index (Phi) is 6.52. The molecule has 32 heavy (non-hydrogen) atoms. The number of aromatic nitrogens is 4. The van der Waals surface area contributed by atoms with Gasteiger partial charge in [0.05, 0.1) is 35.9 Å². The summed E-state index contributed by atoms with van der Waals surface area (Å²) in [6, 6.07) is 16.8. The van der Waals surface area contributed by atoms with E-state index in [2.05, 4.69) is 15.1 Å². The van der Waals surface area contributed by atoms with E-state index >= 15 is 0 Å². The molecule has 4 rings (SSSR count). The number of amides is 1. The number of nitrogens with zero attached hydrogens (tertiary/aromatic N) is 4. The van der Waals surface area contributed by atoms with E-state index in [-0.39, 0.29) is 18.0 Å². The molecular weight excluding hydrogens is 406 g/mol. The largest absolute Gasteiger partial charge is 0.383 e. The van der Waals surface area contributed by atoms with Gasteiger partial charge in [-0.3, -0.25) is 9.59 Å². The zero-order valence-corrected chi connectivity index (χ0v) is 17.6. The third kappa shape index (κ3) is 4.98. The number of hydrogen-bond donors (Lipinski definition) is 1. The van der Waals surface area contributed by atoms with Crippen molar-refractivity contribution in [2.75, 3.05) is 20.3 Å². The van der Waals surface area contributed by atoms with Crippen LogP contribution in [0.5, 0.6) is 0 Å². The number of hydrogen-bond acceptors (Lipinski definition) is 5. The lowest BCUT2D eigenvalue weighted by Crippen LogP contribution is -2.33. The van der Waals surface area contributed by atoms with Crippen molar-refractivity contribution in [3.8, 4) is 5.69 Å². The molecule has 2 aromatic carbocycles. The second-order valence-corrected chi connectivity index (χ2v) is 7.17. The van der Waals surface area contributed by atoms with Crippen molar-refractivity contribution >= 4 is 22.9 Å². The Morgan fingerprint density at radius 1 is 1.16 bits per heavy atom. The standard InChI is InChI=1S/C24H23N5O3/c1-32-14-13-28(17-22-26-21-10-6-5-9-20(21)24(31)27-22)23(30)12-11-18-15-25-29(16-18)19-7-3-2-4-8-19/h2-12,15-16H,13-14,17H2,1H3,(H,26,27,31)/b12-11+. The van der Waals surface area contributed by atoms with Crippen LogP contribution in [-0.2, 0) is 16.1 Å². The number of methoxy groups -OCH3 is 1. The van der Waals surface area contributed by atoms with E-state index in [1.165, 1.54) is 6.08 Å². The van der Waals surface area contributed by atoms with Gasteiger partial charge in [-0.25, -0.2) is 9.67 Å². The minimum Gasteiger partial charge on any atom is -0.383 e. The molecule has 0 atom stereocenters. The Balaban J connectivity index is 1.51. The van der Waals surface area contributed by atoms with Crippen molar-refractivity contribution in [2.24, 2.45) is 0 Å². The summed E-state index contributed by atoms with van der Waals surface area (Å²) >= 11 is 0. The van der Waals surface area contributed by atoms with Gasteiger partial charge in [-0.2, -0.15) is 5.10 Å². The van der Waals surface area contributed by atoms with Gasteiger partial charge < -0.3 is 14.6 Å². The number of nitrogens with one attached hydrogen (secondary N) is 1. The first-order valence-electron chi connectivity index (χ1n) is 10.2. The number of carbonyl (C=O) groups excluding carboxylic acids is 1. The highest BCUT2D eigenvalue weighted by molar-refractivity contribution is 5.91. The summed E-state index contributed by atoms with van der Waals surface area (Å²) in [6.45, 7) is 0.888. The van der Waals surface area contributed by atoms with Gasteiger partial charge in [0.2, 0.25) is 5.91 Å². The van der Waals surface area contributed by atoms with Gasteiger partial charge in [-0.05, 0) is 30.3 Å². The van der Waals surface area contributed by atoms with Gasteiger partial charge in [0.1, 0.15) is 5.82 Å². The number of rotatable bonds is 8. The first kappa shape index (κ1) is 21.2. The lowest BCUT2D eigenvalue weighted by atomic mass is 10.2. The molecule has 1 N–H and O–H groups in total. The van der Waals surface area contributed by atoms with Crippen LogP contribution in [0.2, 0.25) is 0 Å². The molecule has 1 amide bonds. The zero-order valence-electron chi connectivity index (χ0n) is 17.6. The van der Waals surface area contributed by atoms with Gasteiger partial charge in [0.15, 0.2) is 0 Å². The Bertz CT molecular complexity index is 1290. The molecule has 2 aromatic heterocycles. The maximum absolute atomic E-state index is 12.9. The maximum Gasteiger partial charge on any atom is 0.258 e. The summed E-state index contributed by atoms with van der Waals surface area (Å²) < 4.78 is 6.89. The molecule has 0 aliphatic heterocycles. The first-order chi connectivity index (χ1) is 15.6. The molecule has 0 saturated heterocycles. The Morgan fingerprint density at radius 3 is 2.75 bits per heavy atom. The van der Waals surface area contributed by atoms with Crippen LogP contribution in [-0.4, -0.2) is 50.8 Å². The van der Waals surface area contributed by atoms with E-state index in [1.807, 2.05) is 42.6 Å². The van der Waals surface area contributed by atoms with Crippen LogP contribution in [0, 0.1) is 0 Å². The lowest BCUT2D eigenvalue weighted by molar-refractivity contribution is -0.127. The summed E-state index contributed by atoms with van der Waals surface area (Å²) in [5, 5.41) is 4.85. The van der Waals surface area contributed by atoms with Crippen LogP contribution in [0.1, 0.15) is 11.4 Å². The predicted octanol–water partition coefficient (Wildman–Crippen LogP) is 2.80. The van der Waals surface area contributed by atoms with Crippen LogP contribution in [0.15, 0.2) is 77.9 Å². The zero-order chi connectivity index (χ0) is 22.3. The van der Waals surface area contributed by atoms with Crippen LogP contribution >= 0.6 is 0 Å². The molecule has 162 valence electrons. The van der Waals surface area contributed by atoms with E-state index in [9.17, 15) is 9.59 Å². The number of para-hydroxylation sites is 2. The van der Waals surface area contributed by atoms with Crippen molar-refractivity contribution in [1.29, 1.82) is 0 Å². The smallest absolute Gasteiger partial charge is 0.258 e. The molecule has 0 aliphatic rings. The predicted molar refractivity (Wildman–Crippen MR) is 122 cm³/mol. The van der Waals surface area contributed by atoms with Crippen molar-refractivity contribution in [3.63, 3.8) is 0 Å². The van der Waals surface area contributed by atoms with Crippen LogP contribution in [0.4, 0.5) is 0 Å². The summed E-state index contributed by atoms with van der Waals surface area (Å²) in [6.07, 6.45) is 6.74. The summed E-state index contributed by atoms with van der Waals surface area (Å²) in [4.78, 5) is 34.1. The van der Waals surface area contributed by atoms with Crippen LogP contribution in [0.3, 0.4) is 0 Å². The first-order valence-corrected chi connectivity index (χ1v) is 10.2. The van der Waals surface area contributed by atoms with Crippen molar-refractivity contribution in [2.45, 2.75) is 6.54 Å².